The van der Waals surface area contributed by atoms with E-state index in [1.54, 1.807) is 18.2 Å². The van der Waals surface area contributed by atoms with E-state index in [1.165, 1.54) is 0 Å². The lowest BCUT2D eigenvalue weighted by Gasteiger charge is -2.26. The van der Waals surface area contributed by atoms with Crippen LogP contribution in [0.1, 0.15) is 5.56 Å². The van der Waals surface area contributed by atoms with E-state index in [1.807, 2.05) is 0 Å². The number of hydrogen-bond donors (Lipinski definition) is 1. The summed E-state index contributed by atoms with van der Waals surface area (Å²) in [7, 11) is 0. The largest absolute Gasteiger partial charge is 0.508 e. The van der Waals surface area contributed by atoms with E-state index in [2.05, 4.69) is 11.0 Å². The van der Waals surface area contributed by atoms with Crippen molar-refractivity contribution in [2.24, 2.45) is 0 Å². The Morgan fingerprint density at radius 3 is 2.93 bits per heavy atom. The summed E-state index contributed by atoms with van der Waals surface area (Å²) in [5.41, 5.74) is 1.03. The predicted molar refractivity (Wildman–Crippen MR) is 53.0 cm³/mol. The quantitative estimate of drug-likeness (QED) is 0.759. The molecule has 1 saturated heterocycles. The molecule has 0 spiro atoms. The molecule has 1 heterocycles. The number of hydrogen-bond acceptors (Lipinski definition) is 3. The third-order valence-electron chi connectivity index (χ3n) is 2.34. The van der Waals surface area contributed by atoms with Crippen molar-refractivity contribution >= 4 is 0 Å². The molecule has 0 unspecified atom stereocenters. The molecular weight excluding hydrogens is 178 g/mol. The second kappa shape index (κ2) is 4.44. The van der Waals surface area contributed by atoms with Gasteiger partial charge >= 0.3 is 0 Å². The van der Waals surface area contributed by atoms with Crippen LogP contribution in [0.5, 0.6) is 5.75 Å². The summed E-state index contributed by atoms with van der Waals surface area (Å²) in [6.45, 7) is 4.38. The number of aromatic hydroxyl groups is 1. The van der Waals surface area contributed by atoms with Gasteiger partial charge in [0.05, 0.1) is 13.2 Å². The van der Waals surface area contributed by atoms with Gasteiger partial charge in [0, 0.05) is 19.6 Å². The number of benzene rings is 1. The molecule has 0 bridgehead atoms. The van der Waals surface area contributed by atoms with Crippen LogP contribution in [-0.4, -0.2) is 36.3 Å². The number of phenolic OH excluding ortho intramolecular Hbond substituents is 1. The van der Waals surface area contributed by atoms with Crippen LogP contribution >= 0.6 is 0 Å². The first kappa shape index (κ1) is 9.49. The SMILES string of the molecule is Oc1cc[c]c(CN2CCOCC2)c1. The molecule has 0 amide bonds. The maximum atomic E-state index is 9.28. The average molecular weight is 192 g/mol. The van der Waals surface area contributed by atoms with Crippen molar-refractivity contribution < 1.29 is 9.84 Å². The van der Waals surface area contributed by atoms with Gasteiger partial charge < -0.3 is 9.84 Å². The Morgan fingerprint density at radius 1 is 1.43 bits per heavy atom. The van der Waals surface area contributed by atoms with Crippen molar-refractivity contribution in [3.63, 3.8) is 0 Å². The zero-order chi connectivity index (χ0) is 9.80. The summed E-state index contributed by atoms with van der Waals surface area (Å²) < 4.78 is 5.26. The first-order chi connectivity index (χ1) is 6.84. The molecule has 3 nitrogen and oxygen atoms in total. The lowest BCUT2D eigenvalue weighted by molar-refractivity contribution is 0.0341. The lowest BCUT2D eigenvalue weighted by atomic mass is 10.2. The molecule has 1 aromatic carbocycles. The molecule has 0 aliphatic carbocycles. The molecular formula is C11H14NO2. The summed E-state index contributed by atoms with van der Waals surface area (Å²) in [5.74, 6) is 0.312. The van der Waals surface area contributed by atoms with Crippen molar-refractivity contribution in [3.8, 4) is 5.75 Å². The number of ether oxygens (including phenoxy) is 1. The Morgan fingerprint density at radius 2 is 2.21 bits per heavy atom. The van der Waals surface area contributed by atoms with E-state index < -0.39 is 0 Å². The molecule has 14 heavy (non-hydrogen) atoms. The van der Waals surface area contributed by atoms with Crippen molar-refractivity contribution in [1.29, 1.82) is 0 Å². The number of nitrogens with zero attached hydrogens (tertiary/aromatic N) is 1. The molecule has 1 radical (unpaired) electrons. The number of rotatable bonds is 2. The van der Waals surface area contributed by atoms with Crippen molar-refractivity contribution in [2.75, 3.05) is 26.3 Å². The van der Waals surface area contributed by atoms with Crippen LogP contribution in [0.4, 0.5) is 0 Å². The number of phenols is 1. The van der Waals surface area contributed by atoms with E-state index in [9.17, 15) is 5.11 Å². The van der Waals surface area contributed by atoms with Crippen LogP contribution in [0, 0.1) is 6.07 Å². The topological polar surface area (TPSA) is 32.7 Å². The third-order valence-corrected chi connectivity index (χ3v) is 2.34. The van der Waals surface area contributed by atoms with Gasteiger partial charge in [-0.25, -0.2) is 0 Å². The molecule has 0 aromatic heterocycles. The van der Waals surface area contributed by atoms with Crippen molar-refractivity contribution in [1.82, 2.24) is 4.90 Å². The summed E-state index contributed by atoms with van der Waals surface area (Å²) in [6, 6.07) is 8.27. The van der Waals surface area contributed by atoms with Gasteiger partial charge in [-0.1, -0.05) is 6.07 Å². The molecule has 1 aliphatic rings. The Labute approximate surface area is 83.9 Å². The van der Waals surface area contributed by atoms with Gasteiger partial charge in [0.15, 0.2) is 0 Å². The molecule has 0 saturated carbocycles. The fraction of sp³-hybridized carbons (Fsp3) is 0.455. The van der Waals surface area contributed by atoms with Gasteiger partial charge in [0.1, 0.15) is 5.75 Å². The smallest absolute Gasteiger partial charge is 0.115 e. The Kier molecular flexibility index (Phi) is 3.01. The maximum absolute atomic E-state index is 9.28. The van der Waals surface area contributed by atoms with Crippen LogP contribution in [0.25, 0.3) is 0 Å². The maximum Gasteiger partial charge on any atom is 0.115 e. The third kappa shape index (κ3) is 2.47. The molecule has 1 aliphatic heterocycles. The monoisotopic (exact) mass is 192 g/mol. The van der Waals surface area contributed by atoms with Crippen LogP contribution in [-0.2, 0) is 11.3 Å². The minimum atomic E-state index is 0.312. The van der Waals surface area contributed by atoms with Gasteiger partial charge in [0.2, 0.25) is 0 Å². The van der Waals surface area contributed by atoms with E-state index in [4.69, 9.17) is 4.74 Å². The Hall–Kier alpha value is -1.06. The molecule has 1 N–H and O–H groups in total. The molecule has 1 fully saturated rings. The van der Waals surface area contributed by atoms with E-state index in [0.29, 0.717) is 5.75 Å². The van der Waals surface area contributed by atoms with E-state index >= 15 is 0 Å². The first-order valence-corrected chi connectivity index (χ1v) is 4.84. The zero-order valence-electron chi connectivity index (χ0n) is 8.07. The van der Waals surface area contributed by atoms with E-state index in [-0.39, 0.29) is 0 Å². The highest BCUT2D eigenvalue weighted by atomic mass is 16.5. The molecule has 75 valence electrons. The van der Waals surface area contributed by atoms with E-state index in [0.717, 1.165) is 38.4 Å². The summed E-state index contributed by atoms with van der Waals surface area (Å²) in [5, 5.41) is 9.28. The van der Waals surface area contributed by atoms with Crippen LogP contribution in [0.2, 0.25) is 0 Å². The second-order valence-corrected chi connectivity index (χ2v) is 3.46. The predicted octanol–water partition coefficient (Wildman–Crippen LogP) is 1.02. The van der Waals surface area contributed by atoms with Crippen LogP contribution < -0.4 is 0 Å². The van der Waals surface area contributed by atoms with Crippen LogP contribution in [0.15, 0.2) is 18.2 Å². The van der Waals surface area contributed by atoms with Crippen LogP contribution in [0.3, 0.4) is 0 Å². The minimum Gasteiger partial charge on any atom is -0.508 e. The average Bonchev–Trinajstić information content (AvgIpc) is 2.19. The van der Waals surface area contributed by atoms with Gasteiger partial charge in [-0.2, -0.15) is 0 Å². The highest BCUT2D eigenvalue weighted by molar-refractivity contribution is 5.26. The highest BCUT2D eigenvalue weighted by Crippen LogP contribution is 2.12. The number of morpholine rings is 1. The lowest BCUT2D eigenvalue weighted by Crippen LogP contribution is -2.35. The van der Waals surface area contributed by atoms with Gasteiger partial charge in [0.25, 0.3) is 0 Å². The molecule has 0 atom stereocenters. The fourth-order valence-corrected chi connectivity index (χ4v) is 1.59. The summed E-state index contributed by atoms with van der Waals surface area (Å²) in [4.78, 5) is 2.30. The molecule has 1 aromatic rings. The van der Waals surface area contributed by atoms with Gasteiger partial charge in [-0.3, -0.25) is 4.90 Å². The standard InChI is InChI=1S/C11H14NO2/c13-11-3-1-2-10(8-11)9-12-4-6-14-7-5-12/h1,3,8,13H,4-7,9H2. The normalized spacial score (nSPS) is 18.3. The fourth-order valence-electron chi connectivity index (χ4n) is 1.59. The first-order valence-electron chi connectivity index (χ1n) is 4.84. The molecule has 3 heteroatoms. The Balaban J connectivity index is 1.95. The second-order valence-electron chi connectivity index (χ2n) is 3.46. The highest BCUT2D eigenvalue weighted by Gasteiger charge is 2.10. The molecule has 2 rings (SSSR count). The zero-order valence-corrected chi connectivity index (χ0v) is 8.07. The summed E-state index contributed by atoms with van der Waals surface area (Å²) >= 11 is 0. The van der Waals surface area contributed by atoms with Gasteiger partial charge in [-0.15, -0.1) is 0 Å². The van der Waals surface area contributed by atoms with Crippen molar-refractivity contribution in [3.05, 3.63) is 29.8 Å². The minimum absolute atomic E-state index is 0.312. The van der Waals surface area contributed by atoms with Gasteiger partial charge in [-0.05, 0) is 23.8 Å². The van der Waals surface area contributed by atoms with Crippen molar-refractivity contribution in [2.45, 2.75) is 6.54 Å². The summed E-state index contributed by atoms with van der Waals surface area (Å²) in [6.07, 6.45) is 0. The Bertz CT molecular complexity index is 295.